The highest BCUT2D eigenvalue weighted by Crippen LogP contribution is 2.28. The molecule has 1 fully saturated rings. The Kier molecular flexibility index (Phi) is 7.25. The number of benzene rings is 1. The maximum Gasteiger partial charge on any atom is 0.408 e. The summed E-state index contributed by atoms with van der Waals surface area (Å²) in [6.45, 7) is 1.24. The lowest BCUT2D eigenvalue weighted by molar-refractivity contribution is -0.142. The number of aryl methyl sites for hydroxylation is 1. The lowest BCUT2D eigenvalue weighted by Gasteiger charge is -2.23. The molecule has 1 aliphatic heterocycles. The van der Waals surface area contributed by atoms with Crippen LogP contribution in [0.1, 0.15) is 35.2 Å². The molecule has 1 aromatic carbocycles. The first kappa shape index (κ1) is 29.1. The van der Waals surface area contributed by atoms with Crippen LogP contribution in [0.4, 0.5) is 17.6 Å². The summed E-state index contributed by atoms with van der Waals surface area (Å²) < 4.78 is 56.2. The molecule has 5 aromatic rings. The summed E-state index contributed by atoms with van der Waals surface area (Å²) in [7, 11) is 0. The first-order valence-corrected chi connectivity index (χ1v) is 13.7. The SMILES string of the molecule is CC(=O)c1nn(CC(=O)N2C[C@H](F)C[C@H]2C(=O)Cc2ccn(CC(F)(F)F)n2)c2ccc(-c3cnc4cc(C)nn4c3)cc12. The van der Waals surface area contributed by atoms with Crippen LogP contribution < -0.4 is 0 Å². The van der Waals surface area contributed by atoms with Crippen molar-refractivity contribution in [3.63, 3.8) is 0 Å². The fourth-order valence-electron chi connectivity index (χ4n) is 5.53. The predicted molar refractivity (Wildman–Crippen MR) is 148 cm³/mol. The minimum atomic E-state index is -4.48. The van der Waals surface area contributed by atoms with Gasteiger partial charge in [-0.05, 0) is 30.7 Å². The van der Waals surface area contributed by atoms with Gasteiger partial charge in [0, 0.05) is 49.0 Å². The Morgan fingerprint density at radius 1 is 1.05 bits per heavy atom. The van der Waals surface area contributed by atoms with Crippen molar-refractivity contribution in [3.05, 3.63) is 66.0 Å². The standard InChI is InChI=1S/C29H26F4N8O3/c1-16-7-26-34-11-19(12-41(26)35-16)18-3-4-23-22(8-18)28(17(2)42)37-40(23)14-27(44)39-13-20(30)9-24(39)25(43)10-21-5-6-38(36-21)15-29(31,32)33/h3-8,11-12,20,24H,9-10,13-15H2,1-2H3/t20-,24+/m1/s1. The molecular weight excluding hydrogens is 584 g/mol. The smallest absolute Gasteiger partial charge is 0.328 e. The number of alkyl halides is 4. The molecule has 11 nitrogen and oxygen atoms in total. The van der Waals surface area contributed by atoms with Gasteiger partial charge in [-0.2, -0.15) is 28.5 Å². The van der Waals surface area contributed by atoms with Crippen LogP contribution >= 0.6 is 0 Å². The molecule has 0 unspecified atom stereocenters. The van der Waals surface area contributed by atoms with E-state index in [2.05, 4.69) is 20.3 Å². The molecule has 1 saturated heterocycles. The molecule has 2 atom stereocenters. The Morgan fingerprint density at radius 2 is 1.84 bits per heavy atom. The Balaban J connectivity index is 1.23. The van der Waals surface area contributed by atoms with E-state index in [9.17, 15) is 31.9 Å². The van der Waals surface area contributed by atoms with E-state index in [0.29, 0.717) is 21.2 Å². The first-order chi connectivity index (χ1) is 20.8. The highest BCUT2D eigenvalue weighted by Gasteiger charge is 2.40. The average Bonchev–Trinajstić information content (AvgIpc) is 3.72. The van der Waals surface area contributed by atoms with Crippen molar-refractivity contribution in [1.29, 1.82) is 0 Å². The van der Waals surface area contributed by atoms with Gasteiger partial charge < -0.3 is 4.90 Å². The van der Waals surface area contributed by atoms with Crippen LogP contribution in [0, 0.1) is 6.92 Å². The van der Waals surface area contributed by atoms with E-state index in [1.807, 2.05) is 19.2 Å². The number of ketones is 2. The van der Waals surface area contributed by atoms with E-state index in [1.165, 1.54) is 17.7 Å². The lowest BCUT2D eigenvalue weighted by atomic mass is 10.0. The molecule has 0 N–H and O–H groups in total. The van der Waals surface area contributed by atoms with Gasteiger partial charge in [0.1, 0.15) is 25.0 Å². The lowest BCUT2D eigenvalue weighted by Crippen LogP contribution is -2.43. The molecule has 15 heteroatoms. The molecule has 1 amide bonds. The minimum absolute atomic E-state index is 0.0889. The Labute approximate surface area is 247 Å². The summed E-state index contributed by atoms with van der Waals surface area (Å²) >= 11 is 0. The Hall–Kier alpha value is -4.95. The molecule has 0 bridgehead atoms. The van der Waals surface area contributed by atoms with Gasteiger partial charge in [0.15, 0.2) is 17.2 Å². The van der Waals surface area contributed by atoms with Crippen LogP contribution in [-0.2, 0) is 29.1 Å². The molecule has 0 radical (unpaired) electrons. The molecule has 0 spiro atoms. The normalized spacial score (nSPS) is 17.2. The number of nitrogens with zero attached hydrogens (tertiary/aromatic N) is 8. The van der Waals surface area contributed by atoms with Gasteiger partial charge in [-0.3, -0.25) is 23.7 Å². The summed E-state index contributed by atoms with van der Waals surface area (Å²) in [5, 5.41) is 13.1. The number of carbonyl (C=O) groups excluding carboxylic acids is 3. The van der Waals surface area contributed by atoms with E-state index >= 15 is 0 Å². The third-order valence-electron chi connectivity index (χ3n) is 7.47. The van der Waals surface area contributed by atoms with E-state index in [0.717, 1.165) is 27.9 Å². The molecule has 228 valence electrons. The van der Waals surface area contributed by atoms with Crippen molar-refractivity contribution in [3.8, 4) is 11.1 Å². The maximum absolute atomic E-state index is 14.5. The molecule has 1 aliphatic rings. The number of rotatable bonds is 8. The quantitative estimate of drug-likeness (QED) is 0.194. The van der Waals surface area contributed by atoms with Gasteiger partial charge in [0.05, 0.1) is 35.9 Å². The van der Waals surface area contributed by atoms with Gasteiger partial charge in [-0.25, -0.2) is 13.9 Å². The van der Waals surface area contributed by atoms with Crippen LogP contribution in [0.5, 0.6) is 0 Å². The number of likely N-dealkylation sites (tertiary alicyclic amines) is 1. The van der Waals surface area contributed by atoms with Crippen LogP contribution in [0.15, 0.2) is 48.9 Å². The highest BCUT2D eigenvalue weighted by atomic mass is 19.4. The number of halogens is 4. The van der Waals surface area contributed by atoms with E-state index in [-0.39, 0.29) is 43.1 Å². The van der Waals surface area contributed by atoms with E-state index in [1.54, 1.807) is 28.9 Å². The monoisotopic (exact) mass is 610 g/mol. The number of aromatic nitrogens is 7. The van der Waals surface area contributed by atoms with E-state index < -0.39 is 36.6 Å². The van der Waals surface area contributed by atoms with Crippen molar-refractivity contribution in [2.24, 2.45) is 0 Å². The molecule has 44 heavy (non-hydrogen) atoms. The Morgan fingerprint density at radius 3 is 2.59 bits per heavy atom. The molecular formula is C29H26F4N8O3. The van der Waals surface area contributed by atoms with Gasteiger partial charge >= 0.3 is 6.18 Å². The predicted octanol–water partition coefficient (Wildman–Crippen LogP) is 3.77. The van der Waals surface area contributed by atoms with Gasteiger partial charge in [-0.15, -0.1) is 0 Å². The zero-order chi connectivity index (χ0) is 31.3. The van der Waals surface area contributed by atoms with Crippen LogP contribution in [0.25, 0.3) is 27.7 Å². The van der Waals surface area contributed by atoms with Gasteiger partial charge in [0.2, 0.25) is 5.91 Å². The van der Waals surface area contributed by atoms with Crippen LogP contribution in [0.3, 0.4) is 0 Å². The summed E-state index contributed by atoms with van der Waals surface area (Å²) in [6.07, 6.45) is -1.90. The second-order valence-corrected chi connectivity index (χ2v) is 10.9. The number of Topliss-reactive ketones (excluding diaryl/α,β-unsaturated/α-hetero) is 2. The van der Waals surface area contributed by atoms with Crippen molar-refractivity contribution in [2.75, 3.05) is 6.54 Å². The topological polar surface area (TPSA) is 120 Å². The fourth-order valence-corrected chi connectivity index (χ4v) is 5.53. The minimum Gasteiger partial charge on any atom is -0.328 e. The van der Waals surface area contributed by atoms with E-state index in [4.69, 9.17) is 0 Å². The number of carbonyl (C=O) groups is 3. The molecule has 6 rings (SSSR count). The average molecular weight is 611 g/mol. The summed E-state index contributed by atoms with van der Waals surface area (Å²) in [5.41, 5.74) is 3.72. The Bertz CT molecular complexity index is 1920. The van der Waals surface area contributed by atoms with Gasteiger partial charge in [0.25, 0.3) is 0 Å². The molecule has 0 aliphatic carbocycles. The third kappa shape index (κ3) is 5.81. The number of fused-ring (bicyclic) bond motifs is 2. The second-order valence-electron chi connectivity index (χ2n) is 10.9. The first-order valence-electron chi connectivity index (χ1n) is 13.7. The second kappa shape index (κ2) is 11.0. The van der Waals surface area contributed by atoms with Crippen molar-refractivity contribution in [2.45, 2.75) is 58.2 Å². The maximum atomic E-state index is 14.5. The van der Waals surface area contributed by atoms with Crippen molar-refractivity contribution in [1.82, 2.24) is 39.1 Å². The summed E-state index contributed by atoms with van der Waals surface area (Å²) in [6, 6.07) is 7.31. The molecule has 5 heterocycles. The summed E-state index contributed by atoms with van der Waals surface area (Å²) in [5.74, 6) is -1.44. The van der Waals surface area contributed by atoms with Crippen molar-refractivity contribution < 1.29 is 31.9 Å². The van der Waals surface area contributed by atoms with Crippen LogP contribution in [-0.4, -0.2) is 81.5 Å². The number of amides is 1. The largest absolute Gasteiger partial charge is 0.408 e. The number of hydrogen-bond acceptors (Lipinski definition) is 7. The molecule has 0 saturated carbocycles. The zero-order valence-electron chi connectivity index (χ0n) is 23.6. The fraction of sp³-hybridized carbons (Fsp3) is 0.345. The van der Waals surface area contributed by atoms with Crippen molar-refractivity contribution >= 4 is 34.0 Å². The zero-order valence-corrected chi connectivity index (χ0v) is 23.6. The number of hydrogen-bond donors (Lipinski definition) is 0. The summed E-state index contributed by atoms with van der Waals surface area (Å²) in [4.78, 5) is 44.6. The molecule has 4 aromatic heterocycles. The third-order valence-corrected chi connectivity index (χ3v) is 7.47. The van der Waals surface area contributed by atoms with Gasteiger partial charge in [-0.1, -0.05) is 6.07 Å². The highest BCUT2D eigenvalue weighted by molar-refractivity contribution is 6.06. The van der Waals surface area contributed by atoms with Crippen LogP contribution in [0.2, 0.25) is 0 Å².